The summed E-state index contributed by atoms with van der Waals surface area (Å²) in [4.78, 5) is 34.4. The molecule has 0 atom stereocenters. The Hall–Kier alpha value is -4.10. The van der Waals surface area contributed by atoms with Gasteiger partial charge in [-0.3, -0.25) is 15.0 Å². The maximum atomic E-state index is 12.1. The van der Waals surface area contributed by atoms with Gasteiger partial charge in [-0.25, -0.2) is 14.8 Å². The number of nitrogens with one attached hydrogen (secondary N) is 2. The largest absolute Gasteiger partial charge is 0.491 e. The van der Waals surface area contributed by atoms with Crippen molar-refractivity contribution in [1.29, 1.82) is 0 Å². The number of aromatic nitrogens is 3. The molecule has 1 aliphatic heterocycles. The standard InChI is InChI=1S/C26H35N7O6/c1-3-19-24(39-17(2)29-19)31-25-30-20-15-18(23(27)34)16-21(38-12-6-8-32-10-13-37-14-11-32)22(20)33(25)9-5-4-7-28-26(35)36/h4-5,15-16,28H,3,6-14H2,1-2H3,(H2,27,34)(H,30,31)(H,35,36)/b5-4+. The van der Waals surface area contributed by atoms with Crippen molar-refractivity contribution in [2.75, 3.05) is 51.3 Å². The van der Waals surface area contributed by atoms with Crippen LogP contribution in [0.15, 0.2) is 28.7 Å². The number of amides is 2. The first kappa shape index (κ1) is 27.9. The first-order valence-electron chi connectivity index (χ1n) is 13.0. The Morgan fingerprint density at radius 3 is 2.74 bits per heavy atom. The molecule has 1 aliphatic rings. The highest BCUT2D eigenvalue weighted by Crippen LogP contribution is 2.33. The van der Waals surface area contributed by atoms with Gasteiger partial charge in [-0.05, 0) is 25.0 Å². The highest BCUT2D eigenvalue weighted by atomic mass is 16.5. The van der Waals surface area contributed by atoms with E-state index in [1.807, 2.05) is 17.6 Å². The summed E-state index contributed by atoms with van der Waals surface area (Å²) in [6, 6.07) is 3.26. The highest BCUT2D eigenvalue weighted by Gasteiger charge is 2.20. The lowest BCUT2D eigenvalue weighted by atomic mass is 10.1. The Morgan fingerprint density at radius 2 is 2.03 bits per heavy atom. The lowest BCUT2D eigenvalue weighted by Crippen LogP contribution is -2.37. The van der Waals surface area contributed by atoms with Gasteiger partial charge >= 0.3 is 6.09 Å². The zero-order valence-corrected chi connectivity index (χ0v) is 22.2. The Morgan fingerprint density at radius 1 is 1.23 bits per heavy atom. The second-order valence-corrected chi connectivity index (χ2v) is 9.05. The Bertz CT molecular complexity index is 1330. The van der Waals surface area contributed by atoms with Gasteiger partial charge in [0.1, 0.15) is 17.0 Å². The van der Waals surface area contributed by atoms with Crippen LogP contribution < -0.4 is 21.1 Å². The number of hydrogen-bond acceptors (Lipinski definition) is 9. The smallest absolute Gasteiger partial charge is 0.404 e. The third-order valence-electron chi connectivity index (χ3n) is 6.26. The lowest BCUT2D eigenvalue weighted by Gasteiger charge is -2.26. The van der Waals surface area contributed by atoms with Crippen molar-refractivity contribution >= 4 is 34.9 Å². The number of nitrogens with zero attached hydrogens (tertiary/aromatic N) is 4. The van der Waals surface area contributed by atoms with Crippen LogP contribution >= 0.6 is 0 Å². The van der Waals surface area contributed by atoms with Crippen LogP contribution in [0.25, 0.3) is 11.0 Å². The van der Waals surface area contributed by atoms with Crippen molar-refractivity contribution in [3.63, 3.8) is 0 Å². The molecule has 1 fully saturated rings. The quantitative estimate of drug-likeness (QED) is 0.186. The van der Waals surface area contributed by atoms with Crippen molar-refractivity contribution < 1.29 is 28.6 Å². The number of nitrogens with two attached hydrogens (primary N) is 1. The Kier molecular flexibility index (Phi) is 9.39. The van der Waals surface area contributed by atoms with Crippen LogP contribution in [0, 0.1) is 6.92 Å². The minimum atomic E-state index is -1.10. The molecule has 0 saturated carbocycles. The molecular weight excluding hydrogens is 506 g/mol. The summed E-state index contributed by atoms with van der Waals surface area (Å²) in [6.45, 7) is 8.81. The van der Waals surface area contributed by atoms with Gasteiger partial charge in [-0.2, -0.15) is 0 Å². The molecule has 0 radical (unpaired) electrons. The predicted molar refractivity (Wildman–Crippen MR) is 145 cm³/mol. The van der Waals surface area contributed by atoms with Gasteiger partial charge in [0.15, 0.2) is 5.89 Å². The molecule has 1 saturated heterocycles. The molecule has 39 heavy (non-hydrogen) atoms. The number of rotatable bonds is 13. The summed E-state index contributed by atoms with van der Waals surface area (Å²) in [5.41, 5.74) is 7.84. The fourth-order valence-corrected chi connectivity index (χ4v) is 4.37. The van der Waals surface area contributed by atoms with Gasteiger partial charge in [0.25, 0.3) is 0 Å². The minimum absolute atomic E-state index is 0.155. The van der Waals surface area contributed by atoms with E-state index in [0.29, 0.717) is 54.1 Å². The van der Waals surface area contributed by atoms with Crippen LogP contribution in [0.3, 0.4) is 0 Å². The Balaban J connectivity index is 1.65. The van der Waals surface area contributed by atoms with Gasteiger partial charge in [-0.15, -0.1) is 0 Å². The monoisotopic (exact) mass is 541 g/mol. The summed E-state index contributed by atoms with van der Waals surface area (Å²) in [7, 11) is 0. The lowest BCUT2D eigenvalue weighted by molar-refractivity contribution is 0.0358. The van der Waals surface area contributed by atoms with Crippen LogP contribution in [0.1, 0.15) is 35.3 Å². The van der Waals surface area contributed by atoms with Gasteiger partial charge in [-0.1, -0.05) is 19.1 Å². The predicted octanol–water partition coefficient (Wildman–Crippen LogP) is 2.66. The van der Waals surface area contributed by atoms with Crippen LogP contribution in [0.2, 0.25) is 0 Å². The molecule has 0 aliphatic carbocycles. The van der Waals surface area contributed by atoms with Gasteiger partial charge in [0.05, 0.1) is 25.3 Å². The summed E-state index contributed by atoms with van der Waals surface area (Å²) in [5.74, 6) is 1.35. The maximum absolute atomic E-state index is 12.1. The van der Waals surface area contributed by atoms with Gasteiger partial charge in [0, 0.05) is 45.2 Å². The van der Waals surface area contributed by atoms with Crippen molar-refractivity contribution in [3.8, 4) is 5.75 Å². The number of benzene rings is 1. The number of hydrogen-bond donors (Lipinski definition) is 4. The molecule has 2 aromatic heterocycles. The van der Waals surface area contributed by atoms with E-state index in [2.05, 4.69) is 20.5 Å². The van der Waals surface area contributed by atoms with Crippen molar-refractivity contribution in [2.45, 2.75) is 33.2 Å². The molecular formula is C26H35N7O6. The van der Waals surface area contributed by atoms with Crippen LogP contribution in [-0.4, -0.2) is 82.5 Å². The number of carbonyl (C=O) groups excluding carboxylic acids is 1. The number of aryl methyl sites for hydroxylation is 2. The molecule has 3 aromatic rings. The average Bonchev–Trinajstić information content (AvgIpc) is 3.45. The summed E-state index contributed by atoms with van der Waals surface area (Å²) >= 11 is 0. The molecule has 13 heteroatoms. The van der Waals surface area contributed by atoms with Crippen molar-refractivity contribution in [3.05, 3.63) is 41.4 Å². The number of allylic oxidation sites excluding steroid dienone is 1. The fourth-order valence-electron chi connectivity index (χ4n) is 4.37. The van der Waals surface area contributed by atoms with E-state index in [9.17, 15) is 9.59 Å². The fraction of sp³-hybridized carbons (Fsp3) is 0.462. The van der Waals surface area contributed by atoms with E-state index in [4.69, 9.17) is 29.7 Å². The number of carbonyl (C=O) groups is 2. The van der Waals surface area contributed by atoms with Crippen molar-refractivity contribution in [1.82, 2.24) is 24.8 Å². The average molecular weight is 542 g/mol. The van der Waals surface area contributed by atoms with Crippen LogP contribution in [-0.2, 0) is 17.7 Å². The SMILES string of the molecule is CCc1nc(C)oc1Nc1nc2cc(C(N)=O)cc(OCCCN3CCOCC3)c2n1C/C=C/CNC(=O)O. The summed E-state index contributed by atoms with van der Waals surface area (Å²) < 4.78 is 19.3. The number of primary amides is 1. The molecule has 210 valence electrons. The second-order valence-electron chi connectivity index (χ2n) is 9.05. The zero-order chi connectivity index (χ0) is 27.8. The zero-order valence-electron chi connectivity index (χ0n) is 22.2. The number of carboxylic acid groups (broad SMARTS) is 1. The van der Waals surface area contributed by atoms with Crippen LogP contribution in [0.5, 0.6) is 5.75 Å². The van der Waals surface area contributed by atoms with Crippen LogP contribution in [0.4, 0.5) is 16.6 Å². The number of oxazole rings is 1. The molecule has 0 unspecified atom stereocenters. The topological polar surface area (TPSA) is 170 Å². The molecule has 0 spiro atoms. The van der Waals surface area contributed by atoms with E-state index in [0.717, 1.165) is 45.0 Å². The number of imidazole rings is 1. The third-order valence-corrected chi connectivity index (χ3v) is 6.26. The minimum Gasteiger partial charge on any atom is -0.491 e. The number of anilines is 2. The first-order valence-corrected chi connectivity index (χ1v) is 13.0. The number of fused-ring (bicyclic) bond motifs is 1. The Labute approximate surface area is 226 Å². The summed E-state index contributed by atoms with van der Waals surface area (Å²) in [6.07, 6.45) is 3.87. The highest BCUT2D eigenvalue weighted by molar-refractivity contribution is 5.99. The van der Waals surface area contributed by atoms with E-state index < -0.39 is 12.0 Å². The van der Waals surface area contributed by atoms with Gasteiger partial charge in [0.2, 0.25) is 17.7 Å². The number of morpholine rings is 1. The number of ether oxygens (including phenoxy) is 2. The maximum Gasteiger partial charge on any atom is 0.404 e. The molecule has 3 heterocycles. The van der Waals surface area contributed by atoms with Gasteiger partial charge < -0.3 is 34.6 Å². The molecule has 5 N–H and O–H groups in total. The third kappa shape index (κ3) is 7.27. The van der Waals surface area contributed by atoms with E-state index in [-0.39, 0.29) is 12.1 Å². The first-order chi connectivity index (χ1) is 18.9. The second kappa shape index (κ2) is 13.1. The molecule has 4 rings (SSSR count). The summed E-state index contributed by atoms with van der Waals surface area (Å²) in [5, 5.41) is 14.4. The normalized spacial score (nSPS) is 14.2. The molecule has 0 bridgehead atoms. The molecule has 13 nitrogen and oxygen atoms in total. The molecule has 2 amide bonds. The van der Waals surface area contributed by atoms with E-state index in [1.54, 1.807) is 25.1 Å². The van der Waals surface area contributed by atoms with E-state index >= 15 is 0 Å². The van der Waals surface area contributed by atoms with E-state index in [1.165, 1.54) is 0 Å². The molecule has 1 aromatic carbocycles. The van der Waals surface area contributed by atoms with Crippen molar-refractivity contribution in [2.24, 2.45) is 5.73 Å².